The van der Waals surface area contributed by atoms with Crippen LogP contribution in [0.3, 0.4) is 0 Å². The number of rotatable bonds is 5. The molecule has 0 bridgehead atoms. The Balaban J connectivity index is 1.79. The predicted molar refractivity (Wildman–Crippen MR) is 57.4 cm³/mol. The fraction of sp³-hybridized carbons (Fsp3) is 0.818. The van der Waals surface area contributed by atoms with Gasteiger partial charge in [0.15, 0.2) is 5.82 Å². The Hall–Kier alpha value is -0.900. The molecular weight excluding hydrogens is 190 g/mol. The van der Waals surface area contributed by atoms with Crippen LogP contribution in [0.5, 0.6) is 0 Å². The molecule has 0 unspecified atom stereocenters. The topological polar surface area (TPSA) is 51.0 Å². The summed E-state index contributed by atoms with van der Waals surface area (Å²) in [7, 11) is 0. The molecule has 1 aliphatic rings. The van der Waals surface area contributed by atoms with Gasteiger partial charge in [-0.2, -0.15) is 4.98 Å². The lowest BCUT2D eigenvalue weighted by Crippen LogP contribution is -2.19. The van der Waals surface area contributed by atoms with Gasteiger partial charge in [-0.25, -0.2) is 0 Å². The van der Waals surface area contributed by atoms with E-state index in [1.54, 1.807) is 0 Å². The van der Waals surface area contributed by atoms with Gasteiger partial charge in [0.05, 0.1) is 6.54 Å². The van der Waals surface area contributed by atoms with Gasteiger partial charge in [0.2, 0.25) is 5.89 Å². The molecule has 2 rings (SSSR count). The number of hydrogen-bond acceptors (Lipinski definition) is 4. The first kappa shape index (κ1) is 10.6. The summed E-state index contributed by atoms with van der Waals surface area (Å²) in [5.41, 5.74) is 0. The van der Waals surface area contributed by atoms with E-state index in [-0.39, 0.29) is 0 Å². The highest BCUT2D eigenvalue weighted by Crippen LogP contribution is 2.34. The summed E-state index contributed by atoms with van der Waals surface area (Å²) < 4.78 is 5.18. The molecule has 0 spiro atoms. The Labute approximate surface area is 90.4 Å². The lowest BCUT2D eigenvalue weighted by Gasteiger charge is -2.20. The Morgan fingerprint density at radius 3 is 2.87 bits per heavy atom. The quantitative estimate of drug-likeness (QED) is 0.806. The molecule has 1 saturated carbocycles. The fourth-order valence-electron chi connectivity index (χ4n) is 1.64. The van der Waals surface area contributed by atoms with Gasteiger partial charge in [-0.1, -0.05) is 25.4 Å². The molecular formula is C11H19N3O. The van der Waals surface area contributed by atoms with Gasteiger partial charge >= 0.3 is 0 Å². The molecule has 84 valence electrons. The second-order valence-corrected chi connectivity index (χ2v) is 4.70. The first-order valence-corrected chi connectivity index (χ1v) is 5.79. The minimum absolute atomic E-state index is 0.563. The van der Waals surface area contributed by atoms with Crippen molar-refractivity contribution in [2.24, 2.45) is 5.92 Å². The second-order valence-electron chi connectivity index (χ2n) is 4.70. The van der Waals surface area contributed by atoms with Gasteiger partial charge in [-0.3, -0.25) is 0 Å². The lowest BCUT2D eigenvalue weighted by atomic mass is 9.85. The molecule has 0 saturated heterocycles. The van der Waals surface area contributed by atoms with Gasteiger partial charge in [0.25, 0.3) is 0 Å². The summed E-state index contributed by atoms with van der Waals surface area (Å²) in [5, 5.41) is 7.30. The van der Waals surface area contributed by atoms with Crippen molar-refractivity contribution in [1.29, 1.82) is 0 Å². The van der Waals surface area contributed by atoms with Crippen molar-refractivity contribution < 1.29 is 4.52 Å². The van der Waals surface area contributed by atoms with Crippen LogP contribution in [-0.4, -0.2) is 16.7 Å². The first-order chi connectivity index (χ1) is 7.25. The molecule has 1 aromatic heterocycles. The third kappa shape index (κ3) is 2.78. The molecule has 0 radical (unpaired) electrons. The average Bonchev–Trinajstić information content (AvgIpc) is 2.49. The largest absolute Gasteiger partial charge is 0.338 e. The van der Waals surface area contributed by atoms with Crippen LogP contribution in [0.1, 0.15) is 50.7 Å². The summed E-state index contributed by atoms with van der Waals surface area (Å²) >= 11 is 0. The minimum Gasteiger partial charge on any atom is -0.338 e. The zero-order chi connectivity index (χ0) is 10.7. The Bertz CT molecular complexity index is 305. The third-order valence-corrected chi connectivity index (χ3v) is 2.78. The smallest absolute Gasteiger partial charge is 0.240 e. The van der Waals surface area contributed by atoms with Gasteiger partial charge in [-0.05, 0) is 25.3 Å². The standard InChI is InChI=1S/C11H19N3O/c1-8(2)6-12-7-10-13-11(14-15-10)9-4-3-5-9/h8-9,12H,3-7H2,1-2H3. The van der Waals surface area contributed by atoms with Crippen LogP contribution in [0.2, 0.25) is 0 Å². The summed E-state index contributed by atoms with van der Waals surface area (Å²) in [6, 6.07) is 0. The number of nitrogens with one attached hydrogen (secondary N) is 1. The fourth-order valence-corrected chi connectivity index (χ4v) is 1.64. The molecule has 1 aromatic rings. The van der Waals surface area contributed by atoms with Crippen molar-refractivity contribution in [1.82, 2.24) is 15.5 Å². The molecule has 1 fully saturated rings. The molecule has 1 heterocycles. The molecule has 4 heteroatoms. The Kier molecular flexibility index (Phi) is 3.36. The molecule has 0 aliphatic heterocycles. The zero-order valence-corrected chi connectivity index (χ0v) is 9.49. The monoisotopic (exact) mass is 209 g/mol. The Morgan fingerprint density at radius 1 is 1.47 bits per heavy atom. The van der Waals surface area contributed by atoms with Crippen molar-refractivity contribution in [3.63, 3.8) is 0 Å². The Morgan fingerprint density at radius 2 is 2.27 bits per heavy atom. The van der Waals surface area contributed by atoms with Crippen molar-refractivity contribution in [2.75, 3.05) is 6.54 Å². The normalized spacial score (nSPS) is 17.0. The van der Waals surface area contributed by atoms with Crippen LogP contribution < -0.4 is 5.32 Å². The van der Waals surface area contributed by atoms with Crippen molar-refractivity contribution >= 4 is 0 Å². The lowest BCUT2D eigenvalue weighted by molar-refractivity contribution is 0.340. The summed E-state index contributed by atoms with van der Waals surface area (Å²) in [4.78, 5) is 4.39. The van der Waals surface area contributed by atoms with Gasteiger partial charge < -0.3 is 9.84 Å². The van der Waals surface area contributed by atoms with Crippen molar-refractivity contribution in [2.45, 2.75) is 45.6 Å². The molecule has 1 N–H and O–H groups in total. The third-order valence-electron chi connectivity index (χ3n) is 2.78. The first-order valence-electron chi connectivity index (χ1n) is 5.79. The van der Waals surface area contributed by atoms with Crippen molar-refractivity contribution in [3.05, 3.63) is 11.7 Å². The van der Waals surface area contributed by atoms with Crippen LogP contribution in [0, 0.1) is 5.92 Å². The highest BCUT2D eigenvalue weighted by atomic mass is 16.5. The van der Waals surface area contributed by atoms with Crippen LogP contribution in [0.4, 0.5) is 0 Å². The average molecular weight is 209 g/mol. The van der Waals surface area contributed by atoms with Crippen molar-refractivity contribution in [3.8, 4) is 0 Å². The highest BCUT2D eigenvalue weighted by Gasteiger charge is 2.24. The van der Waals surface area contributed by atoms with E-state index in [1.807, 2.05) is 0 Å². The van der Waals surface area contributed by atoms with E-state index < -0.39 is 0 Å². The van der Waals surface area contributed by atoms with E-state index in [0.29, 0.717) is 18.4 Å². The SMILES string of the molecule is CC(C)CNCc1nc(C2CCC2)no1. The maximum Gasteiger partial charge on any atom is 0.240 e. The van der Waals surface area contributed by atoms with E-state index in [2.05, 4.69) is 29.3 Å². The minimum atomic E-state index is 0.563. The maximum absolute atomic E-state index is 5.18. The van der Waals surface area contributed by atoms with Gasteiger partial charge in [0.1, 0.15) is 0 Å². The molecule has 4 nitrogen and oxygen atoms in total. The predicted octanol–water partition coefficient (Wildman–Crippen LogP) is 2.08. The van der Waals surface area contributed by atoms with E-state index in [9.17, 15) is 0 Å². The second kappa shape index (κ2) is 4.75. The maximum atomic E-state index is 5.18. The number of aromatic nitrogens is 2. The van der Waals surface area contributed by atoms with Crippen LogP contribution in [-0.2, 0) is 6.54 Å². The van der Waals surface area contributed by atoms with E-state index in [1.165, 1.54) is 19.3 Å². The molecule has 0 amide bonds. The zero-order valence-electron chi connectivity index (χ0n) is 9.49. The van der Waals surface area contributed by atoms with E-state index in [0.717, 1.165) is 18.3 Å². The van der Waals surface area contributed by atoms with Crippen LogP contribution in [0.25, 0.3) is 0 Å². The van der Waals surface area contributed by atoms with Crippen LogP contribution >= 0.6 is 0 Å². The number of nitrogens with zero attached hydrogens (tertiary/aromatic N) is 2. The molecule has 15 heavy (non-hydrogen) atoms. The van der Waals surface area contributed by atoms with Crippen LogP contribution in [0.15, 0.2) is 4.52 Å². The van der Waals surface area contributed by atoms with Gasteiger partial charge in [0, 0.05) is 5.92 Å². The molecule has 0 atom stereocenters. The van der Waals surface area contributed by atoms with E-state index in [4.69, 9.17) is 4.52 Å². The van der Waals surface area contributed by atoms with E-state index >= 15 is 0 Å². The van der Waals surface area contributed by atoms with Gasteiger partial charge in [-0.15, -0.1) is 0 Å². The molecule has 1 aliphatic carbocycles. The highest BCUT2D eigenvalue weighted by molar-refractivity contribution is 4.99. The summed E-state index contributed by atoms with van der Waals surface area (Å²) in [6.07, 6.45) is 3.75. The molecule has 0 aromatic carbocycles. The summed E-state index contributed by atoms with van der Waals surface area (Å²) in [5.74, 6) is 2.84. The summed E-state index contributed by atoms with van der Waals surface area (Å²) in [6.45, 7) is 6.04. The number of hydrogen-bond donors (Lipinski definition) is 1.